The minimum absolute atomic E-state index is 0.0652. The zero-order valence-corrected chi connectivity index (χ0v) is 11.1. The summed E-state index contributed by atoms with van der Waals surface area (Å²) >= 11 is 0. The van der Waals surface area contributed by atoms with Crippen LogP contribution in [0.3, 0.4) is 0 Å². The molecule has 0 heterocycles. The molecule has 0 amide bonds. The Morgan fingerprint density at radius 1 is 0.789 bits per heavy atom. The highest BCUT2D eigenvalue weighted by atomic mass is 16.1. The Hall–Kier alpha value is -2.22. The van der Waals surface area contributed by atoms with Gasteiger partial charge in [0.15, 0.2) is 11.6 Å². The molecule has 0 fully saturated rings. The molecular weight excluding hydrogens is 236 g/mol. The fraction of sp³-hybridized carbons (Fsp3) is 0.176. The van der Waals surface area contributed by atoms with Crippen LogP contribution < -0.4 is 0 Å². The Kier molecular flexibility index (Phi) is 3.91. The van der Waals surface area contributed by atoms with E-state index >= 15 is 0 Å². The van der Waals surface area contributed by atoms with Crippen LogP contribution in [0.4, 0.5) is 0 Å². The van der Waals surface area contributed by atoms with Crippen LogP contribution in [-0.4, -0.2) is 11.6 Å². The van der Waals surface area contributed by atoms with E-state index in [1.165, 1.54) is 0 Å². The van der Waals surface area contributed by atoms with E-state index in [0.717, 1.165) is 16.7 Å². The summed E-state index contributed by atoms with van der Waals surface area (Å²) in [6.45, 7) is 3.41. The molecular formula is C17H16O2. The first-order valence-electron chi connectivity index (χ1n) is 6.36. The van der Waals surface area contributed by atoms with Crippen LogP contribution in [0.25, 0.3) is 11.1 Å². The van der Waals surface area contributed by atoms with Crippen LogP contribution in [-0.2, 0) is 0 Å². The number of benzene rings is 2. The molecule has 19 heavy (non-hydrogen) atoms. The van der Waals surface area contributed by atoms with Gasteiger partial charge in [-0.15, -0.1) is 0 Å². The van der Waals surface area contributed by atoms with Gasteiger partial charge in [-0.25, -0.2) is 0 Å². The van der Waals surface area contributed by atoms with E-state index < -0.39 is 0 Å². The second-order valence-corrected chi connectivity index (χ2v) is 4.49. The zero-order chi connectivity index (χ0) is 13.8. The summed E-state index contributed by atoms with van der Waals surface area (Å²) in [5, 5.41) is 0. The first-order valence-corrected chi connectivity index (χ1v) is 6.36. The molecule has 0 atom stereocenters. The van der Waals surface area contributed by atoms with Gasteiger partial charge < -0.3 is 0 Å². The molecule has 0 saturated heterocycles. The van der Waals surface area contributed by atoms with Gasteiger partial charge in [0.05, 0.1) is 0 Å². The third-order valence-corrected chi connectivity index (χ3v) is 3.15. The number of ketones is 2. The van der Waals surface area contributed by atoms with Crippen molar-refractivity contribution in [2.45, 2.75) is 20.3 Å². The molecule has 2 rings (SSSR count). The lowest BCUT2D eigenvalue weighted by Gasteiger charge is -2.04. The summed E-state index contributed by atoms with van der Waals surface area (Å²) in [5.41, 5.74) is 3.54. The minimum atomic E-state index is 0.0652. The van der Waals surface area contributed by atoms with Crippen molar-refractivity contribution >= 4 is 11.6 Å². The van der Waals surface area contributed by atoms with Crippen molar-refractivity contribution < 1.29 is 9.59 Å². The molecule has 2 aromatic carbocycles. The van der Waals surface area contributed by atoms with Crippen molar-refractivity contribution in [1.29, 1.82) is 0 Å². The molecule has 0 radical (unpaired) electrons. The largest absolute Gasteiger partial charge is 0.295 e. The van der Waals surface area contributed by atoms with Gasteiger partial charge in [-0.2, -0.15) is 0 Å². The van der Waals surface area contributed by atoms with Crippen LogP contribution in [0.2, 0.25) is 0 Å². The molecule has 0 N–H and O–H groups in total. The van der Waals surface area contributed by atoms with Gasteiger partial charge in [-0.1, -0.05) is 55.5 Å². The normalized spacial score (nSPS) is 10.2. The van der Waals surface area contributed by atoms with Gasteiger partial charge in [-0.3, -0.25) is 9.59 Å². The third kappa shape index (κ3) is 2.97. The number of hydrogen-bond donors (Lipinski definition) is 0. The van der Waals surface area contributed by atoms with E-state index in [9.17, 15) is 9.59 Å². The molecule has 0 aromatic heterocycles. The molecule has 2 aromatic rings. The van der Waals surface area contributed by atoms with Crippen molar-refractivity contribution in [2.75, 3.05) is 0 Å². The second-order valence-electron chi connectivity index (χ2n) is 4.49. The van der Waals surface area contributed by atoms with Gasteiger partial charge in [-0.05, 0) is 18.1 Å². The highest BCUT2D eigenvalue weighted by Crippen LogP contribution is 2.21. The SMILES string of the molecule is CCC(=O)c1ccc(-c2ccc(C(C)=O)cc2)cc1. The number of Topliss-reactive ketones (excluding diaryl/α,β-unsaturated/α-hetero) is 2. The molecule has 2 heteroatoms. The number of carbonyl (C=O) groups is 2. The predicted octanol–water partition coefficient (Wildman–Crippen LogP) is 4.15. The molecule has 2 nitrogen and oxygen atoms in total. The van der Waals surface area contributed by atoms with Crippen molar-refractivity contribution in [3.63, 3.8) is 0 Å². The van der Waals surface area contributed by atoms with Crippen LogP contribution >= 0.6 is 0 Å². The molecule has 0 spiro atoms. The molecule has 0 saturated carbocycles. The summed E-state index contributed by atoms with van der Waals surface area (Å²) in [4.78, 5) is 22.8. The maximum absolute atomic E-state index is 11.5. The van der Waals surface area contributed by atoms with Gasteiger partial charge in [0, 0.05) is 17.5 Å². The van der Waals surface area contributed by atoms with Gasteiger partial charge in [0.25, 0.3) is 0 Å². The van der Waals surface area contributed by atoms with Crippen molar-refractivity contribution in [3.8, 4) is 11.1 Å². The molecule has 0 bridgehead atoms. The summed E-state index contributed by atoms with van der Waals surface area (Å²) in [6, 6.07) is 15.1. The zero-order valence-electron chi connectivity index (χ0n) is 11.1. The monoisotopic (exact) mass is 252 g/mol. The quantitative estimate of drug-likeness (QED) is 0.766. The fourth-order valence-corrected chi connectivity index (χ4v) is 1.95. The molecule has 0 unspecified atom stereocenters. The first-order chi connectivity index (χ1) is 9.11. The van der Waals surface area contributed by atoms with E-state index in [1.54, 1.807) is 6.92 Å². The highest BCUT2D eigenvalue weighted by Gasteiger charge is 2.04. The number of hydrogen-bond acceptors (Lipinski definition) is 2. The smallest absolute Gasteiger partial charge is 0.162 e. The second kappa shape index (κ2) is 5.61. The third-order valence-electron chi connectivity index (χ3n) is 3.15. The minimum Gasteiger partial charge on any atom is -0.295 e. The van der Waals surface area contributed by atoms with Crippen LogP contribution in [0.15, 0.2) is 48.5 Å². The van der Waals surface area contributed by atoms with E-state index in [2.05, 4.69) is 0 Å². The summed E-state index contributed by atoms with van der Waals surface area (Å²) in [7, 11) is 0. The van der Waals surface area contributed by atoms with Crippen molar-refractivity contribution in [3.05, 3.63) is 59.7 Å². The molecule has 0 aliphatic rings. The molecule has 0 aliphatic carbocycles. The van der Waals surface area contributed by atoms with Gasteiger partial charge in [0.2, 0.25) is 0 Å². The standard InChI is InChI=1S/C17H16O2/c1-3-17(19)16-10-8-15(9-11-16)14-6-4-13(5-7-14)12(2)18/h4-11H,3H2,1-2H3. The van der Waals surface area contributed by atoms with E-state index in [-0.39, 0.29) is 11.6 Å². The lowest BCUT2D eigenvalue weighted by molar-refractivity contribution is 0.0986. The predicted molar refractivity (Wildman–Crippen MR) is 76.5 cm³/mol. The summed E-state index contributed by atoms with van der Waals surface area (Å²) in [5.74, 6) is 0.217. The average Bonchev–Trinajstić information content (AvgIpc) is 2.46. The first kappa shape index (κ1) is 13.2. The highest BCUT2D eigenvalue weighted by molar-refractivity contribution is 5.96. The molecule has 0 aliphatic heterocycles. The topological polar surface area (TPSA) is 34.1 Å². The van der Waals surface area contributed by atoms with Crippen LogP contribution in [0.5, 0.6) is 0 Å². The maximum atomic E-state index is 11.5. The summed E-state index contributed by atoms with van der Waals surface area (Å²) < 4.78 is 0. The van der Waals surface area contributed by atoms with Crippen molar-refractivity contribution in [1.82, 2.24) is 0 Å². The Morgan fingerprint density at radius 2 is 1.21 bits per heavy atom. The van der Waals surface area contributed by atoms with E-state index in [1.807, 2.05) is 55.5 Å². The number of carbonyl (C=O) groups excluding carboxylic acids is 2. The van der Waals surface area contributed by atoms with E-state index in [0.29, 0.717) is 12.0 Å². The van der Waals surface area contributed by atoms with Gasteiger partial charge in [0.1, 0.15) is 0 Å². The lowest BCUT2D eigenvalue weighted by atomic mass is 10.00. The Morgan fingerprint density at radius 3 is 1.58 bits per heavy atom. The maximum Gasteiger partial charge on any atom is 0.162 e. The Labute approximate surface area is 113 Å². The fourth-order valence-electron chi connectivity index (χ4n) is 1.95. The lowest BCUT2D eigenvalue weighted by Crippen LogP contribution is -1.95. The Bertz CT molecular complexity index is 592. The average molecular weight is 252 g/mol. The Balaban J connectivity index is 2.27. The van der Waals surface area contributed by atoms with Crippen LogP contribution in [0.1, 0.15) is 41.0 Å². The van der Waals surface area contributed by atoms with Crippen molar-refractivity contribution in [2.24, 2.45) is 0 Å². The van der Waals surface area contributed by atoms with E-state index in [4.69, 9.17) is 0 Å². The molecule has 96 valence electrons. The van der Waals surface area contributed by atoms with Gasteiger partial charge >= 0.3 is 0 Å². The number of rotatable bonds is 4. The van der Waals surface area contributed by atoms with Crippen LogP contribution in [0, 0.1) is 0 Å². The summed E-state index contributed by atoms with van der Waals surface area (Å²) in [6.07, 6.45) is 0.520.